The summed E-state index contributed by atoms with van der Waals surface area (Å²) in [6, 6.07) is 0. The summed E-state index contributed by atoms with van der Waals surface area (Å²) in [7, 11) is 0. The fourth-order valence-corrected chi connectivity index (χ4v) is 8.62. The van der Waals surface area contributed by atoms with Gasteiger partial charge in [-0.3, -0.25) is 19.2 Å². The van der Waals surface area contributed by atoms with Crippen molar-refractivity contribution in [2.24, 2.45) is 34.5 Å². The van der Waals surface area contributed by atoms with Crippen LogP contribution in [0.5, 0.6) is 0 Å². The average molecular weight is 570 g/mol. The van der Waals surface area contributed by atoms with E-state index in [2.05, 4.69) is 6.92 Å². The molecule has 0 aromatic heterocycles. The maximum atomic E-state index is 13.4. The van der Waals surface area contributed by atoms with Crippen LogP contribution in [-0.2, 0) is 19.2 Å². The van der Waals surface area contributed by atoms with Gasteiger partial charge in [-0.25, -0.2) is 0 Å². The molecule has 6 N–H and O–H groups in total. The van der Waals surface area contributed by atoms with Crippen LogP contribution in [-0.4, -0.2) is 104 Å². The predicted molar refractivity (Wildman–Crippen MR) is 143 cm³/mol. The van der Waals surface area contributed by atoms with Gasteiger partial charge in [-0.05, 0) is 68.1 Å². The van der Waals surface area contributed by atoms with Crippen LogP contribution >= 0.6 is 0 Å². The highest BCUT2D eigenvalue weighted by Gasteiger charge is 2.68. The Bertz CT molecular complexity index is 951. The first kappa shape index (κ1) is 32.6. The lowest BCUT2D eigenvalue weighted by molar-refractivity contribution is -0.180. The second-order valence-electron chi connectivity index (χ2n) is 12.7. The minimum atomic E-state index is -1.58. The Morgan fingerprint density at radius 3 is 2.17 bits per heavy atom. The third kappa shape index (κ3) is 5.99. The van der Waals surface area contributed by atoms with E-state index in [0.717, 1.165) is 38.5 Å². The van der Waals surface area contributed by atoms with E-state index in [1.807, 2.05) is 6.92 Å². The number of hydrogen-bond donors (Lipinski definition) is 6. The number of Topliss-reactive ketones (excluding diaryl/α,β-unsaturated/α-hetero) is 2. The van der Waals surface area contributed by atoms with Crippen molar-refractivity contribution < 1.29 is 49.8 Å². The van der Waals surface area contributed by atoms with Gasteiger partial charge in [0.25, 0.3) is 0 Å². The van der Waals surface area contributed by atoms with Gasteiger partial charge in [-0.2, -0.15) is 0 Å². The smallest absolute Gasteiger partial charge is 0.303 e. The van der Waals surface area contributed by atoms with Crippen molar-refractivity contribution in [1.29, 1.82) is 0 Å². The highest BCUT2D eigenvalue weighted by molar-refractivity contribution is 5.92. The van der Waals surface area contributed by atoms with Gasteiger partial charge in [0.1, 0.15) is 18.0 Å². The molecule has 4 rings (SSSR count). The second kappa shape index (κ2) is 12.9. The third-order valence-electron chi connectivity index (χ3n) is 10.7. The van der Waals surface area contributed by atoms with E-state index in [1.165, 1.54) is 4.90 Å². The van der Waals surface area contributed by atoms with Crippen LogP contribution in [0.1, 0.15) is 78.1 Å². The number of amides is 1. The molecule has 0 aromatic carbocycles. The third-order valence-corrected chi connectivity index (χ3v) is 10.7. The van der Waals surface area contributed by atoms with Crippen LogP contribution in [0.25, 0.3) is 0 Å². The zero-order valence-electron chi connectivity index (χ0n) is 23.8. The Morgan fingerprint density at radius 2 is 1.60 bits per heavy atom. The lowest BCUT2D eigenvalue weighted by Gasteiger charge is -2.60. The molecular formula is C29H47NO10. The molecule has 4 saturated carbocycles. The Labute approximate surface area is 235 Å². The number of aliphatic carboxylic acids is 1. The molecule has 8 atom stereocenters. The molecule has 40 heavy (non-hydrogen) atoms. The molecule has 1 amide bonds. The van der Waals surface area contributed by atoms with Gasteiger partial charge in [-0.15, -0.1) is 0 Å². The summed E-state index contributed by atoms with van der Waals surface area (Å²) < 4.78 is 0. The number of aliphatic hydroxyl groups excluding tert-OH is 4. The number of ketones is 2. The number of carbonyl (C=O) groups is 4. The van der Waals surface area contributed by atoms with Crippen LogP contribution in [0.15, 0.2) is 0 Å². The highest BCUT2D eigenvalue weighted by Crippen LogP contribution is 2.67. The maximum Gasteiger partial charge on any atom is 0.303 e. The van der Waals surface area contributed by atoms with Crippen LogP contribution < -0.4 is 0 Å². The van der Waals surface area contributed by atoms with Gasteiger partial charge in [0.05, 0.1) is 25.7 Å². The van der Waals surface area contributed by atoms with Gasteiger partial charge in [-0.1, -0.05) is 13.8 Å². The van der Waals surface area contributed by atoms with Crippen molar-refractivity contribution in [3.05, 3.63) is 0 Å². The summed E-state index contributed by atoms with van der Waals surface area (Å²) in [5, 5.41) is 56.1. The molecule has 0 aliphatic heterocycles. The largest absolute Gasteiger partial charge is 0.481 e. The molecule has 4 aliphatic carbocycles. The lowest BCUT2D eigenvalue weighted by Crippen LogP contribution is -2.62. The summed E-state index contributed by atoms with van der Waals surface area (Å²) in [4.78, 5) is 48.4. The SMILES string of the molecule is C[C@]12CC[C@@H](O)C[C@H]1CC[C@@H]1[C@@H]2C(=O)C[C@@]2(C)[C@H]1CC[C@]2(O)C(=O)CO.O=C(O)CCC(=O)N(CCO)CCO. The highest BCUT2D eigenvalue weighted by atomic mass is 16.4. The molecule has 0 radical (unpaired) electrons. The van der Waals surface area contributed by atoms with Gasteiger partial charge in [0, 0.05) is 37.3 Å². The quantitative estimate of drug-likeness (QED) is 0.228. The summed E-state index contributed by atoms with van der Waals surface area (Å²) >= 11 is 0. The molecule has 11 nitrogen and oxygen atoms in total. The molecule has 0 spiro atoms. The zero-order valence-corrected chi connectivity index (χ0v) is 23.8. The minimum absolute atomic E-state index is 0.0154. The molecular weight excluding hydrogens is 522 g/mol. The van der Waals surface area contributed by atoms with Gasteiger partial charge in [0.15, 0.2) is 5.78 Å². The monoisotopic (exact) mass is 569 g/mol. The molecule has 0 saturated heterocycles. The van der Waals surface area contributed by atoms with E-state index in [-0.39, 0.29) is 86.5 Å². The molecule has 4 aliphatic rings. The number of hydrogen-bond acceptors (Lipinski definition) is 9. The minimum Gasteiger partial charge on any atom is -0.481 e. The van der Waals surface area contributed by atoms with Crippen molar-refractivity contribution >= 4 is 23.4 Å². The Balaban J connectivity index is 0.000000270. The van der Waals surface area contributed by atoms with E-state index in [9.17, 15) is 34.5 Å². The number of rotatable bonds is 9. The first-order valence-electron chi connectivity index (χ1n) is 14.6. The summed E-state index contributed by atoms with van der Waals surface area (Å²) in [5.41, 5.74) is -2.40. The van der Waals surface area contributed by atoms with Crippen molar-refractivity contribution in [3.63, 3.8) is 0 Å². The normalized spacial score (nSPS) is 38.3. The molecule has 0 unspecified atom stereocenters. The van der Waals surface area contributed by atoms with Crippen LogP contribution in [0, 0.1) is 34.5 Å². The lowest BCUT2D eigenvalue weighted by atomic mass is 9.44. The van der Waals surface area contributed by atoms with E-state index >= 15 is 0 Å². The molecule has 11 heteroatoms. The molecule has 0 heterocycles. The Kier molecular flexibility index (Phi) is 10.5. The number of nitrogens with zero attached hydrogens (tertiary/aromatic N) is 1. The van der Waals surface area contributed by atoms with E-state index in [4.69, 9.17) is 15.3 Å². The molecule has 4 fully saturated rings. The average Bonchev–Trinajstić information content (AvgIpc) is 3.18. The number of aliphatic hydroxyl groups is 5. The second-order valence-corrected chi connectivity index (χ2v) is 12.7. The zero-order chi connectivity index (χ0) is 29.9. The van der Waals surface area contributed by atoms with Crippen molar-refractivity contribution in [2.45, 2.75) is 89.8 Å². The van der Waals surface area contributed by atoms with Crippen molar-refractivity contribution in [2.75, 3.05) is 32.9 Å². The Hall–Kier alpha value is -1.92. The fourth-order valence-electron chi connectivity index (χ4n) is 8.62. The van der Waals surface area contributed by atoms with Crippen LogP contribution in [0.3, 0.4) is 0 Å². The first-order chi connectivity index (χ1) is 18.8. The van der Waals surface area contributed by atoms with E-state index in [1.54, 1.807) is 0 Å². The van der Waals surface area contributed by atoms with Crippen molar-refractivity contribution in [1.82, 2.24) is 4.90 Å². The molecule has 228 valence electrons. The number of carboxylic acids is 1. The number of fused-ring (bicyclic) bond motifs is 5. The fraction of sp³-hybridized carbons (Fsp3) is 0.862. The maximum absolute atomic E-state index is 13.4. The Morgan fingerprint density at radius 1 is 0.950 bits per heavy atom. The number of carboxylic acid groups (broad SMARTS) is 1. The number of carbonyl (C=O) groups excluding carboxylic acids is 3. The molecule has 0 aromatic rings. The predicted octanol–water partition coefficient (Wildman–Crippen LogP) is 0.526. The molecule has 0 bridgehead atoms. The van der Waals surface area contributed by atoms with Gasteiger partial charge in [0.2, 0.25) is 5.91 Å². The topological polar surface area (TPSA) is 193 Å². The summed E-state index contributed by atoms with van der Waals surface area (Å²) in [6.45, 7) is 3.32. The van der Waals surface area contributed by atoms with Crippen LogP contribution in [0.4, 0.5) is 0 Å². The standard InChI is InChI=1S/C21H32O5.C8H15NO5/c1-19-7-5-13(23)9-12(19)3-4-14-15-6-8-21(26,17(25)11-22)20(15,2)10-16(24)18(14)19;10-5-3-9(4-6-11)7(12)1-2-8(13)14/h12-15,18,22-23,26H,3-11H2,1-2H3;10-11H,1-6H2,(H,13,14)/t12-,13-,14+,15+,18-,19+,20+,21+;/m1./s1. The first-order valence-corrected chi connectivity index (χ1v) is 14.6. The van der Waals surface area contributed by atoms with Crippen LogP contribution in [0.2, 0.25) is 0 Å². The summed E-state index contributed by atoms with van der Waals surface area (Å²) in [5.74, 6) is -1.02. The van der Waals surface area contributed by atoms with Gasteiger partial charge >= 0.3 is 5.97 Å². The van der Waals surface area contributed by atoms with E-state index < -0.39 is 29.4 Å². The van der Waals surface area contributed by atoms with Gasteiger partial charge < -0.3 is 35.5 Å². The van der Waals surface area contributed by atoms with Crippen molar-refractivity contribution in [3.8, 4) is 0 Å². The van der Waals surface area contributed by atoms with E-state index in [0.29, 0.717) is 12.3 Å². The summed E-state index contributed by atoms with van der Waals surface area (Å²) in [6.07, 6.45) is 5.14.